The molecule has 32 heavy (non-hydrogen) atoms. The number of allylic oxidation sites excluding steroid dienone is 2. The fraction of sp³-hybridized carbons (Fsp3) is 0.304. The number of ether oxygens (including phenoxy) is 1. The summed E-state index contributed by atoms with van der Waals surface area (Å²) in [6.45, 7) is 0.632. The molecule has 0 unspecified atom stereocenters. The largest absolute Gasteiger partial charge is 0.481 e. The Morgan fingerprint density at radius 1 is 1.38 bits per heavy atom. The third-order valence-electron chi connectivity index (χ3n) is 5.61. The fourth-order valence-electron chi connectivity index (χ4n) is 3.81. The van der Waals surface area contributed by atoms with Crippen LogP contribution in [0.1, 0.15) is 41.1 Å². The first-order chi connectivity index (χ1) is 15.5. The van der Waals surface area contributed by atoms with Gasteiger partial charge < -0.3 is 31.2 Å². The van der Waals surface area contributed by atoms with Crippen LogP contribution in [0.3, 0.4) is 0 Å². The van der Waals surface area contributed by atoms with Crippen LogP contribution in [0, 0.1) is 10.8 Å². The predicted octanol–water partition coefficient (Wildman–Crippen LogP) is 3.76. The minimum Gasteiger partial charge on any atom is -0.481 e. The van der Waals surface area contributed by atoms with Crippen molar-refractivity contribution in [3.8, 4) is 5.88 Å². The molecular formula is C23H27N7OS. The third-order valence-corrected chi connectivity index (χ3v) is 6.69. The molecular weight excluding hydrogens is 422 g/mol. The van der Waals surface area contributed by atoms with E-state index in [0.29, 0.717) is 24.6 Å². The van der Waals surface area contributed by atoms with Crippen LogP contribution in [0.2, 0.25) is 0 Å². The minimum atomic E-state index is 0.412. The molecule has 0 saturated heterocycles. The van der Waals surface area contributed by atoms with Crippen molar-refractivity contribution >= 4 is 39.3 Å². The lowest BCUT2D eigenvalue weighted by atomic mass is 9.89. The lowest BCUT2D eigenvalue weighted by molar-refractivity contribution is 0.397. The molecule has 0 aromatic carbocycles. The molecule has 1 aliphatic carbocycles. The molecule has 3 heterocycles. The number of hydrogen-bond acceptors (Lipinski definition) is 8. The van der Waals surface area contributed by atoms with Crippen molar-refractivity contribution in [2.24, 2.45) is 12.8 Å². The lowest BCUT2D eigenvalue weighted by Gasteiger charge is -2.24. The van der Waals surface area contributed by atoms with Gasteiger partial charge >= 0.3 is 0 Å². The lowest BCUT2D eigenvalue weighted by Crippen LogP contribution is -2.20. The molecule has 0 atom stereocenters. The van der Waals surface area contributed by atoms with E-state index in [1.165, 1.54) is 35.7 Å². The van der Waals surface area contributed by atoms with E-state index in [1.54, 1.807) is 13.2 Å². The number of aryl methyl sites for hydroxylation is 1. The summed E-state index contributed by atoms with van der Waals surface area (Å²) in [5, 5.41) is 20.6. The van der Waals surface area contributed by atoms with Gasteiger partial charge in [0.05, 0.1) is 23.2 Å². The molecule has 0 amide bonds. The number of pyridine rings is 1. The van der Waals surface area contributed by atoms with Crippen LogP contribution in [-0.2, 0) is 20.0 Å². The van der Waals surface area contributed by atoms with Crippen molar-refractivity contribution in [2.45, 2.75) is 32.2 Å². The molecule has 1 aliphatic rings. The molecule has 0 bridgehead atoms. The predicted molar refractivity (Wildman–Crippen MR) is 130 cm³/mol. The van der Waals surface area contributed by atoms with Gasteiger partial charge in [0, 0.05) is 49.8 Å². The zero-order valence-corrected chi connectivity index (χ0v) is 19.1. The second-order valence-corrected chi connectivity index (χ2v) is 8.77. The number of aromatic nitrogens is 3. The van der Waals surface area contributed by atoms with Gasteiger partial charge in [-0.25, -0.2) is 9.97 Å². The quantitative estimate of drug-likeness (QED) is 0.370. The van der Waals surface area contributed by atoms with Crippen molar-refractivity contribution in [1.82, 2.24) is 19.9 Å². The summed E-state index contributed by atoms with van der Waals surface area (Å²) in [7, 11) is 3.60. The van der Waals surface area contributed by atoms with Crippen LogP contribution in [0.4, 0.5) is 0 Å². The number of nitrogens with zero attached hydrogens (tertiary/aromatic N) is 3. The highest BCUT2D eigenvalue weighted by molar-refractivity contribution is 7.19. The van der Waals surface area contributed by atoms with Gasteiger partial charge in [-0.05, 0) is 42.7 Å². The molecule has 3 aromatic rings. The van der Waals surface area contributed by atoms with Crippen molar-refractivity contribution in [2.75, 3.05) is 7.11 Å². The molecule has 3 aromatic heterocycles. The first-order valence-electron chi connectivity index (χ1n) is 10.4. The molecule has 9 heteroatoms. The van der Waals surface area contributed by atoms with Crippen molar-refractivity contribution in [3.63, 3.8) is 0 Å². The standard InChI is InChI=1S/C23H27N7OS/c1-30-21(17(11-25)22-23(30)29-19(32-22)10-16(26)8-9-24)20(15-4-3-5-15)28-13-14-6-7-18(31-2)27-12-14/h6-9,11-12,25-26,28H,3-5,10,13,24H2,1-2H3/b9-8-,25-11?,26-16?. The number of methoxy groups -OCH3 is 1. The molecule has 166 valence electrons. The van der Waals surface area contributed by atoms with Crippen LogP contribution in [-0.4, -0.2) is 33.6 Å². The van der Waals surface area contributed by atoms with Gasteiger partial charge in [0.1, 0.15) is 5.01 Å². The maximum absolute atomic E-state index is 8.14. The van der Waals surface area contributed by atoms with Crippen LogP contribution >= 0.6 is 11.3 Å². The van der Waals surface area contributed by atoms with Gasteiger partial charge in [-0.3, -0.25) is 0 Å². The van der Waals surface area contributed by atoms with E-state index in [1.807, 2.05) is 25.4 Å². The number of rotatable bonds is 9. The molecule has 8 nitrogen and oxygen atoms in total. The summed E-state index contributed by atoms with van der Waals surface area (Å²) >= 11 is 1.54. The zero-order valence-electron chi connectivity index (χ0n) is 18.2. The summed E-state index contributed by atoms with van der Waals surface area (Å²) in [5.41, 5.74) is 12.0. The maximum Gasteiger partial charge on any atom is 0.212 e. The van der Waals surface area contributed by atoms with Crippen molar-refractivity contribution in [1.29, 1.82) is 10.8 Å². The summed E-state index contributed by atoms with van der Waals surface area (Å²) in [4.78, 5) is 9.07. The number of nitrogens with one attached hydrogen (secondary N) is 3. The van der Waals surface area contributed by atoms with Gasteiger partial charge in [-0.15, -0.1) is 11.3 Å². The number of thiazole rings is 1. The smallest absolute Gasteiger partial charge is 0.212 e. The Labute approximate surface area is 190 Å². The van der Waals surface area contributed by atoms with E-state index in [-0.39, 0.29) is 0 Å². The highest BCUT2D eigenvalue weighted by Crippen LogP contribution is 2.38. The Balaban J connectivity index is 1.68. The first kappa shape index (κ1) is 21.8. The highest BCUT2D eigenvalue weighted by Gasteiger charge is 2.25. The summed E-state index contributed by atoms with van der Waals surface area (Å²) in [6.07, 6.45) is 9.90. The molecule has 0 spiro atoms. The van der Waals surface area contributed by atoms with E-state index >= 15 is 0 Å². The van der Waals surface area contributed by atoms with E-state index < -0.39 is 0 Å². The Morgan fingerprint density at radius 2 is 2.19 bits per heavy atom. The molecule has 0 aliphatic heterocycles. The average Bonchev–Trinajstić information content (AvgIpc) is 3.27. The fourth-order valence-corrected chi connectivity index (χ4v) is 4.94. The second kappa shape index (κ2) is 9.35. The van der Waals surface area contributed by atoms with Crippen LogP contribution in [0.15, 0.2) is 36.2 Å². The van der Waals surface area contributed by atoms with Gasteiger partial charge in [-0.2, -0.15) is 0 Å². The number of fused-ring (bicyclic) bond motifs is 1. The second-order valence-electron chi connectivity index (χ2n) is 7.68. The SMILES string of the molecule is COc1ccc(CNC(=C2CCC2)c2c(C=N)c3sc(CC(=N)/C=C\N)nc3n2C)cn1. The van der Waals surface area contributed by atoms with Crippen LogP contribution in [0.25, 0.3) is 16.0 Å². The molecule has 1 saturated carbocycles. The minimum absolute atomic E-state index is 0.412. The number of hydrogen-bond donors (Lipinski definition) is 4. The Morgan fingerprint density at radius 3 is 2.78 bits per heavy atom. The average molecular weight is 450 g/mol. The molecule has 5 N–H and O–H groups in total. The topological polar surface area (TPSA) is 126 Å². The third kappa shape index (κ3) is 4.16. The van der Waals surface area contributed by atoms with Gasteiger partial charge in [-0.1, -0.05) is 6.07 Å². The van der Waals surface area contributed by atoms with E-state index in [9.17, 15) is 0 Å². The van der Waals surface area contributed by atoms with Gasteiger partial charge in [0.2, 0.25) is 5.88 Å². The zero-order chi connectivity index (χ0) is 22.7. The molecule has 1 fully saturated rings. The maximum atomic E-state index is 8.14. The Bertz CT molecular complexity index is 1210. The van der Waals surface area contributed by atoms with Crippen LogP contribution < -0.4 is 15.8 Å². The number of nitrogens with two attached hydrogens (primary N) is 1. The summed E-state index contributed by atoms with van der Waals surface area (Å²) in [5.74, 6) is 0.594. The van der Waals surface area contributed by atoms with Crippen LogP contribution in [0.5, 0.6) is 5.88 Å². The van der Waals surface area contributed by atoms with Crippen molar-refractivity contribution < 1.29 is 4.74 Å². The van der Waals surface area contributed by atoms with E-state index in [0.717, 1.165) is 50.7 Å². The molecule has 4 rings (SSSR count). The van der Waals surface area contributed by atoms with E-state index in [4.69, 9.17) is 26.3 Å². The normalized spacial score (nSPS) is 13.4. The van der Waals surface area contributed by atoms with Gasteiger partial charge in [0.25, 0.3) is 0 Å². The van der Waals surface area contributed by atoms with E-state index in [2.05, 4.69) is 14.9 Å². The summed E-state index contributed by atoms with van der Waals surface area (Å²) < 4.78 is 8.19. The highest BCUT2D eigenvalue weighted by atomic mass is 32.1. The van der Waals surface area contributed by atoms with Crippen molar-refractivity contribution in [3.05, 3.63) is 58.0 Å². The Hall–Kier alpha value is -3.46. The summed E-state index contributed by atoms with van der Waals surface area (Å²) in [6, 6.07) is 3.86. The Kier molecular flexibility index (Phi) is 6.36. The molecule has 0 radical (unpaired) electrons. The monoisotopic (exact) mass is 449 g/mol. The van der Waals surface area contributed by atoms with Gasteiger partial charge in [0.15, 0.2) is 5.65 Å². The first-order valence-corrected chi connectivity index (χ1v) is 11.3.